The molecule has 0 saturated carbocycles. The van der Waals surface area contributed by atoms with E-state index in [4.69, 9.17) is 5.73 Å². The van der Waals surface area contributed by atoms with E-state index in [-0.39, 0.29) is 11.9 Å². The molecule has 1 amide bonds. The fraction of sp³-hybridized carbons (Fsp3) is 0.444. The molecule has 0 aromatic carbocycles. The second-order valence-corrected chi connectivity index (χ2v) is 4.04. The summed E-state index contributed by atoms with van der Waals surface area (Å²) in [5, 5.41) is 3.72. The minimum atomic E-state index is -0.322. The molecule has 1 unspecified atom stereocenters. The lowest BCUT2D eigenvalue weighted by molar-refractivity contribution is -0.119. The monoisotopic (exact) mass is 226 g/mol. The highest BCUT2D eigenvalue weighted by Gasteiger charge is 2.11. The number of nitrogens with one attached hydrogen (secondary N) is 1. The Labute approximate surface area is 92.9 Å². The van der Waals surface area contributed by atoms with Crippen molar-refractivity contribution in [3.05, 3.63) is 18.6 Å². The number of amides is 1. The molecule has 1 rings (SSSR count). The summed E-state index contributed by atoms with van der Waals surface area (Å²) in [6.07, 6.45) is 5.66. The lowest BCUT2D eigenvalue weighted by atomic mass is 10.2. The van der Waals surface area contributed by atoms with Gasteiger partial charge in [0.1, 0.15) is 5.03 Å². The third-order valence-electron chi connectivity index (χ3n) is 1.89. The van der Waals surface area contributed by atoms with Gasteiger partial charge in [0.2, 0.25) is 5.91 Å². The van der Waals surface area contributed by atoms with Crippen molar-refractivity contribution in [1.82, 2.24) is 15.3 Å². The quantitative estimate of drug-likeness (QED) is 0.669. The van der Waals surface area contributed by atoms with E-state index < -0.39 is 0 Å². The number of rotatable bonds is 6. The van der Waals surface area contributed by atoms with Crippen molar-refractivity contribution < 1.29 is 4.79 Å². The van der Waals surface area contributed by atoms with Crippen LogP contribution in [0.4, 0.5) is 0 Å². The number of aromatic nitrogens is 2. The minimum Gasteiger partial charge on any atom is -0.368 e. The van der Waals surface area contributed by atoms with E-state index in [0.29, 0.717) is 6.42 Å². The van der Waals surface area contributed by atoms with Crippen LogP contribution in [0, 0.1) is 0 Å². The van der Waals surface area contributed by atoms with Gasteiger partial charge in [-0.2, -0.15) is 0 Å². The number of hydrogen-bond donors (Lipinski definition) is 2. The predicted molar refractivity (Wildman–Crippen MR) is 59.4 cm³/mol. The molecule has 1 heterocycles. The first-order valence-corrected chi connectivity index (χ1v) is 5.58. The van der Waals surface area contributed by atoms with Gasteiger partial charge in [0.15, 0.2) is 0 Å². The van der Waals surface area contributed by atoms with E-state index in [2.05, 4.69) is 15.3 Å². The molecular formula is C9H14N4OS. The summed E-state index contributed by atoms with van der Waals surface area (Å²) in [5.41, 5.74) is 5.19. The highest BCUT2D eigenvalue weighted by atomic mass is 32.2. The Hall–Kier alpha value is -1.14. The fourth-order valence-corrected chi connectivity index (χ4v) is 1.90. The largest absolute Gasteiger partial charge is 0.368 e. The van der Waals surface area contributed by atoms with Gasteiger partial charge in [-0.15, -0.1) is 11.8 Å². The number of carbonyl (C=O) groups excluding carboxylic acids is 1. The third-order valence-corrected chi connectivity index (χ3v) is 2.83. The second-order valence-electron chi connectivity index (χ2n) is 2.92. The smallest absolute Gasteiger partial charge is 0.234 e. The van der Waals surface area contributed by atoms with Crippen LogP contribution >= 0.6 is 11.8 Å². The number of nitrogens with zero attached hydrogens (tertiary/aromatic N) is 2. The number of thioether (sulfide) groups is 1. The molecule has 0 fully saturated rings. The molecule has 0 spiro atoms. The van der Waals surface area contributed by atoms with Gasteiger partial charge in [0.25, 0.3) is 0 Å². The van der Waals surface area contributed by atoms with Crippen molar-refractivity contribution in [2.45, 2.75) is 17.5 Å². The topological polar surface area (TPSA) is 80.9 Å². The van der Waals surface area contributed by atoms with Crippen LogP contribution in [0.1, 0.15) is 6.42 Å². The highest BCUT2D eigenvalue weighted by molar-refractivity contribution is 7.99. The van der Waals surface area contributed by atoms with Crippen LogP contribution in [-0.4, -0.2) is 34.7 Å². The first-order chi connectivity index (χ1) is 7.24. The average molecular weight is 226 g/mol. The normalized spacial score (nSPS) is 12.3. The molecule has 0 bridgehead atoms. The number of nitrogens with two attached hydrogens (primary N) is 1. The third kappa shape index (κ3) is 4.26. The van der Waals surface area contributed by atoms with Gasteiger partial charge in [-0.25, -0.2) is 4.98 Å². The van der Waals surface area contributed by atoms with Gasteiger partial charge in [0.05, 0.1) is 12.2 Å². The van der Waals surface area contributed by atoms with Gasteiger partial charge in [0, 0.05) is 18.1 Å². The number of carbonyl (C=O) groups is 1. The van der Waals surface area contributed by atoms with E-state index in [0.717, 1.165) is 10.8 Å². The molecule has 0 aliphatic carbocycles. The Kier molecular flexibility index (Phi) is 5.06. The Morgan fingerprint density at radius 2 is 2.47 bits per heavy atom. The van der Waals surface area contributed by atoms with Crippen LogP contribution in [0.3, 0.4) is 0 Å². The molecule has 3 N–H and O–H groups in total. The maximum Gasteiger partial charge on any atom is 0.234 e. The van der Waals surface area contributed by atoms with E-state index in [1.165, 1.54) is 0 Å². The zero-order valence-corrected chi connectivity index (χ0v) is 9.33. The van der Waals surface area contributed by atoms with Crippen molar-refractivity contribution in [2.24, 2.45) is 5.73 Å². The lowest BCUT2D eigenvalue weighted by Gasteiger charge is -2.10. The maximum absolute atomic E-state index is 10.9. The number of likely N-dealkylation sites (N-methyl/N-ethyl adjacent to an activating group) is 1. The summed E-state index contributed by atoms with van der Waals surface area (Å²) in [6, 6.07) is -0.269. The summed E-state index contributed by atoms with van der Waals surface area (Å²) in [4.78, 5) is 19.0. The molecular weight excluding hydrogens is 212 g/mol. The van der Waals surface area contributed by atoms with Gasteiger partial charge in [-0.1, -0.05) is 0 Å². The zero-order valence-electron chi connectivity index (χ0n) is 8.51. The standard InChI is InChI=1S/C9H14N4OS/c1-11-7(9(10)14)2-5-15-8-6-12-3-4-13-8/h3-4,6-7,11H,2,5H2,1H3,(H2,10,14). The molecule has 82 valence electrons. The number of primary amides is 1. The SMILES string of the molecule is CNC(CCSc1cnccn1)C(N)=O. The summed E-state index contributed by atoms with van der Waals surface area (Å²) >= 11 is 1.56. The highest BCUT2D eigenvalue weighted by Crippen LogP contribution is 2.14. The van der Waals surface area contributed by atoms with Gasteiger partial charge >= 0.3 is 0 Å². The molecule has 0 aliphatic rings. The van der Waals surface area contributed by atoms with Crippen molar-refractivity contribution >= 4 is 17.7 Å². The van der Waals surface area contributed by atoms with Gasteiger partial charge in [-0.05, 0) is 13.5 Å². The molecule has 15 heavy (non-hydrogen) atoms. The molecule has 1 aromatic rings. The summed E-state index contributed by atoms with van der Waals surface area (Å²) in [6.45, 7) is 0. The Balaban J connectivity index is 2.30. The lowest BCUT2D eigenvalue weighted by Crippen LogP contribution is -2.39. The Bertz CT molecular complexity index is 306. The van der Waals surface area contributed by atoms with E-state index >= 15 is 0 Å². The maximum atomic E-state index is 10.9. The molecule has 5 nitrogen and oxygen atoms in total. The minimum absolute atomic E-state index is 0.269. The average Bonchev–Trinajstić information content (AvgIpc) is 2.25. The van der Waals surface area contributed by atoms with Gasteiger partial charge < -0.3 is 11.1 Å². The van der Waals surface area contributed by atoms with Crippen LogP contribution < -0.4 is 11.1 Å². The first kappa shape index (κ1) is 11.9. The molecule has 1 aromatic heterocycles. The zero-order chi connectivity index (χ0) is 11.1. The summed E-state index contributed by atoms with van der Waals surface area (Å²) in [5.74, 6) is 0.463. The molecule has 1 atom stereocenters. The van der Waals surface area contributed by atoms with Crippen LogP contribution in [0.2, 0.25) is 0 Å². The van der Waals surface area contributed by atoms with Gasteiger partial charge in [-0.3, -0.25) is 9.78 Å². The first-order valence-electron chi connectivity index (χ1n) is 4.59. The summed E-state index contributed by atoms with van der Waals surface area (Å²) < 4.78 is 0. The van der Waals surface area contributed by atoms with Crippen molar-refractivity contribution in [3.63, 3.8) is 0 Å². The van der Waals surface area contributed by atoms with Crippen LogP contribution in [-0.2, 0) is 4.79 Å². The van der Waals surface area contributed by atoms with Crippen molar-refractivity contribution in [3.8, 4) is 0 Å². The van der Waals surface area contributed by atoms with E-state index in [9.17, 15) is 4.79 Å². The Morgan fingerprint density at radius 1 is 1.67 bits per heavy atom. The van der Waals surface area contributed by atoms with Crippen LogP contribution in [0.5, 0.6) is 0 Å². The Morgan fingerprint density at radius 3 is 3.00 bits per heavy atom. The van der Waals surface area contributed by atoms with E-state index in [1.54, 1.807) is 37.4 Å². The van der Waals surface area contributed by atoms with Crippen LogP contribution in [0.15, 0.2) is 23.6 Å². The second kappa shape index (κ2) is 6.36. The molecule has 0 saturated heterocycles. The molecule has 6 heteroatoms. The number of hydrogen-bond acceptors (Lipinski definition) is 5. The molecule has 0 aliphatic heterocycles. The van der Waals surface area contributed by atoms with Crippen molar-refractivity contribution in [1.29, 1.82) is 0 Å². The predicted octanol–water partition coefficient (Wildman–Crippen LogP) is 0.0321. The van der Waals surface area contributed by atoms with E-state index in [1.807, 2.05) is 0 Å². The van der Waals surface area contributed by atoms with Crippen LogP contribution in [0.25, 0.3) is 0 Å². The summed E-state index contributed by atoms with van der Waals surface area (Å²) in [7, 11) is 1.72. The molecule has 0 radical (unpaired) electrons. The fourth-order valence-electron chi connectivity index (χ4n) is 1.07. The van der Waals surface area contributed by atoms with Crippen molar-refractivity contribution in [2.75, 3.05) is 12.8 Å².